The molecule has 0 bridgehead atoms. The van der Waals surface area contributed by atoms with Gasteiger partial charge in [0.2, 0.25) is 11.5 Å². The van der Waals surface area contributed by atoms with Crippen molar-refractivity contribution in [1.82, 2.24) is 4.90 Å². The highest BCUT2D eigenvalue weighted by Gasteiger charge is 2.45. The largest absolute Gasteiger partial charge is 0.872 e. The Bertz CT molecular complexity index is 1100. The van der Waals surface area contributed by atoms with Crippen LogP contribution >= 0.6 is 0 Å². The van der Waals surface area contributed by atoms with Crippen molar-refractivity contribution in [2.45, 2.75) is 19.4 Å². The zero-order chi connectivity index (χ0) is 26.4. The number of ether oxygens (including phenoxy) is 4. The van der Waals surface area contributed by atoms with Crippen LogP contribution in [0.5, 0.6) is 23.0 Å². The lowest BCUT2D eigenvalue weighted by atomic mass is 9.94. The molecule has 1 saturated heterocycles. The highest BCUT2D eigenvalue weighted by atomic mass is 16.5. The van der Waals surface area contributed by atoms with Gasteiger partial charge in [-0.1, -0.05) is 24.8 Å². The summed E-state index contributed by atoms with van der Waals surface area (Å²) in [7, 11) is 8.36. The molecule has 1 heterocycles. The molecule has 0 saturated carbocycles. The molecule has 1 aliphatic heterocycles. The summed E-state index contributed by atoms with van der Waals surface area (Å²) in [5.74, 6) is -0.292. The van der Waals surface area contributed by atoms with Gasteiger partial charge in [0, 0.05) is 5.57 Å². The number of ketones is 1. The van der Waals surface area contributed by atoms with E-state index in [4.69, 9.17) is 18.9 Å². The lowest BCUT2D eigenvalue weighted by Crippen LogP contribution is -3.06. The second-order valence-electron chi connectivity index (χ2n) is 8.76. The summed E-state index contributed by atoms with van der Waals surface area (Å²) in [6, 6.07) is 9.03. The van der Waals surface area contributed by atoms with Crippen LogP contribution in [0.15, 0.2) is 42.0 Å². The van der Waals surface area contributed by atoms with Crippen LogP contribution in [0.1, 0.15) is 30.5 Å². The molecular weight excluding hydrogens is 464 g/mol. The van der Waals surface area contributed by atoms with Crippen LogP contribution < -0.4 is 29.0 Å². The Morgan fingerprint density at radius 3 is 2.11 bits per heavy atom. The zero-order valence-electron chi connectivity index (χ0n) is 21.7. The first-order valence-corrected chi connectivity index (χ1v) is 11.9. The molecule has 2 aromatic rings. The Morgan fingerprint density at radius 2 is 1.61 bits per heavy atom. The number of carbonyl (C=O) groups is 2. The van der Waals surface area contributed by atoms with Crippen molar-refractivity contribution >= 4 is 17.4 Å². The molecule has 0 aromatic heterocycles. The van der Waals surface area contributed by atoms with E-state index in [0.717, 1.165) is 11.3 Å². The number of likely N-dealkylation sites (N-methyl/N-ethyl adjacent to an activating group) is 1. The van der Waals surface area contributed by atoms with Gasteiger partial charge in [-0.2, -0.15) is 0 Å². The summed E-state index contributed by atoms with van der Waals surface area (Å²) in [6.45, 7) is 3.44. The van der Waals surface area contributed by atoms with Gasteiger partial charge in [0.05, 0.1) is 61.2 Å². The number of hydrogen-bond acceptors (Lipinski definition) is 7. The lowest BCUT2D eigenvalue weighted by Gasteiger charge is -2.28. The first-order valence-electron chi connectivity index (χ1n) is 11.9. The predicted molar refractivity (Wildman–Crippen MR) is 132 cm³/mol. The lowest BCUT2D eigenvalue weighted by molar-refractivity contribution is -0.857. The van der Waals surface area contributed by atoms with Gasteiger partial charge >= 0.3 is 0 Å². The summed E-state index contributed by atoms with van der Waals surface area (Å²) in [4.78, 5) is 28.9. The number of nitrogens with zero attached hydrogens (tertiary/aromatic N) is 1. The molecule has 1 aliphatic rings. The van der Waals surface area contributed by atoms with Crippen LogP contribution in [0.2, 0.25) is 0 Å². The first kappa shape index (κ1) is 26.9. The number of amides is 1. The number of rotatable bonds is 11. The summed E-state index contributed by atoms with van der Waals surface area (Å²) in [6.07, 6.45) is 0.857. The van der Waals surface area contributed by atoms with Crippen LogP contribution in [0.4, 0.5) is 0 Å². The van der Waals surface area contributed by atoms with Crippen LogP contribution in [-0.2, 0) is 9.59 Å². The van der Waals surface area contributed by atoms with E-state index in [-0.39, 0.29) is 12.1 Å². The van der Waals surface area contributed by atoms with E-state index < -0.39 is 23.5 Å². The number of methoxy groups -OCH3 is 3. The maximum absolute atomic E-state index is 13.7. The van der Waals surface area contributed by atoms with Crippen LogP contribution in [0.25, 0.3) is 5.76 Å². The number of benzene rings is 2. The fourth-order valence-electron chi connectivity index (χ4n) is 4.13. The van der Waals surface area contributed by atoms with E-state index in [0.29, 0.717) is 47.3 Å². The van der Waals surface area contributed by atoms with Crippen LogP contribution in [0, 0.1) is 0 Å². The van der Waals surface area contributed by atoms with Crippen LogP contribution in [0.3, 0.4) is 0 Å². The number of hydrogen-bond donors (Lipinski definition) is 1. The van der Waals surface area contributed by atoms with Crippen molar-refractivity contribution in [3.05, 3.63) is 53.1 Å². The molecule has 3 rings (SSSR count). The fourth-order valence-corrected chi connectivity index (χ4v) is 4.13. The SMILES string of the molecule is CCCOc1ccc(/C([O-])=C2\C(=O)C(=O)N(CC[NH+](C)C)C2c2cc(OC)c(OC)c(OC)c2)cc1. The van der Waals surface area contributed by atoms with Crippen molar-refractivity contribution in [1.29, 1.82) is 0 Å². The summed E-state index contributed by atoms with van der Waals surface area (Å²) in [5, 5.41) is 13.7. The second kappa shape index (κ2) is 11.8. The number of Topliss-reactive ketones (excluding diaryl/α,β-unsaturated/α-hetero) is 1. The molecule has 2 aromatic carbocycles. The smallest absolute Gasteiger partial charge is 0.295 e. The second-order valence-corrected chi connectivity index (χ2v) is 8.76. The van der Waals surface area contributed by atoms with E-state index in [1.54, 1.807) is 36.4 Å². The molecule has 1 unspecified atom stereocenters. The minimum Gasteiger partial charge on any atom is -0.872 e. The summed E-state index contributed by atoms with van der Waals surface area (Å²) >= 11 is 0. The van der Waals surface area contributed by atoms with E-state index in [2.05, 4.69) is 0 Å². The van der Waals surface area contributed by atoms with E-state index in [1.807, 2.05) is 21.0 Å². The van der Waals surface area contributed by atoms with Crippen molar-refractivity contribution in [3.8, 4) is 23.0 Å². The van der Waals surface area contributed by atoms with Crippen molar-refractivity contribution in [2.75, 3.05) is 55.1 Å². The Hall–Kier alpha value is -3.72. The quantitative estimate of drug-likeness (QED) is 0.279. The zero-order valence-corrected chi connectivity index (χ0v) is 21.7. The highest BCUT2D eigenvalue weighted by molar-refractivity contribution is 6.46. The normalized spacial score (nSPS) is 17.0. The molecule has 1 N–H and O–H groups in total. The molecule has 0 aliphatic carbocycles. The van der Waals surface area contributed by atoms with Gasteiger partial charge in [-0.05, 0) is 41.8 Å². The molecule has 1 atom stereocenters. The summed E-state index contributed by atoms with van der Waals surface area (Å²) < 4.78 is 22.0. The van der Waals surface area contributed by atoms with Crippen molar-refractivity contribution in [2.24, 2.45) is 0 Å². The highest BCUT2D eigenvalue weighted by Crippen LogP contribution is 2.45. The Morgan fingerprint density at radius 1 is 1.00 bits per heavy atom. The third-order valence-corrected chi connectivity index (χ3v) is 5.97. The Labute approximate surface area is 211 Å². The maximum Gasteiger partial charge on any atom is 0.295 e. The van der Waals surface area contributed by atoms with Crippen LogP contribution in [-0.4, -0.2) is 71.7 Å². The van der Waals surface area contributed by atoms with Gasteiger partial charge in [0.25, 0.3) is 5.91 Å². The first-order chi connectivity index (χ1) is 17.3. The monoisotopic (exact) mass is 498 g/mol. The number of nitrogens with one attached hydrogen (secondary N) is 1. The Balaban J connectivity index is 2.17. The average molecular weight is 499 g/mol. The Kier molecular flexibility index (Phi) is 8.82. The number of quaternary nitrogens is 1. The molecule has 0 spiro atoms. The standard InChI is InChI=1S/C27H34N2O7/c1-7-14-36-19-10-8-17(9-11-19)24(30)22-23(29(13-12-28(2)3)27(32)25(22)31)18-15-20(33-4)26(35-6)21(16-18)34-5/h8-11,15-16,23,30H,7,12-14H2,1-6H3/b24-22+. The minimum absolute atomic E-state index is 0.106. The summed E-state index contributed by atoms with van der Waals surface area (Å²) in [5.41, 5.74) is 0.710. The molecular formula is C27H34N2O7. The molecule has 1 amide bonds. The number of likely N-dealkylation sites (tertiary alicyclic amines) is 1. The molecule has 36 heavy (non-hydrogen) atoms. The van der Waals surface area contributed by atoms with E-state index in [1.165, 1.54) is 26.2 Å². The van der Waals surface area contributed by atoms with Gasteiger partial charge in [0.15, 0.2) is 11.5 Å². The molecule has 1 fully saturated rings. The molecule has 0 radical (unpaired) electrons. The van der Waals surface area contributed by atoms with Crippen molar-refractivity contribution < 1.29 is 38.5 Å². The third kappa shape index (κ3) is 5.41. The van der Waals surface area contributed by atoms with E-state index >= 15 is 0 Å². The van der Waals surface area contributed by atoms with Crippen molar-refractivity contribution in [3.63, 3.8) is 0 Å². The molecule has 9 nitrogen and oxygen atoms in total. The third-order valence-electron chi connectivity index (χ3n) is 5.97. The predicted octanol–water partition coefficient (Wildman–Crippen LogP) is 0.870. The van der Waals surface area contributed by atoms with Gasteiger partial charge in [0.1, 0.15) is 5.75 Å². The average Bonchev–Trinajstić information content (AvgIpc) is 3.14. The van der Waals surface area contributed by atoms with Gasteiger partial charge in [-0.15, -0.1) is 0 Å². The molecule has 194 valence electrons. The topological polar surface area (TPSA) is 102 Å². The molecule has 9 heteroatoms. The number of carbonyl (C=O) groups excluding carboxylic acids is 2. The fraction of sp³-hybridized carbons (Fsp3) is 0.407. The van der Waals surface area contributed by atoms with Gasteiger partial charge in [-0.3, -0.25) is 9.59 Å². The van der Waals surface area contributed by atoms with Gasteiger partial charge < -0.3 is 33.9 Å². The van der Waals surface area contributed by atoms with Gasteiger partial charge in [-0.25, -0.2) is 0 Å². The van der Waals surface area contributed by atoms with E-state index in [9.17, 15) is 14.7 Å². The minimum atomic E-state index is -0.901. The maximum atomic E-state index is 13.7.